The quantitative estimate of drug-likeness (QED) is 0.187. The van der Waals surface area contributed by atoms with Gasteiger partial charge in [-0.15, -0.1) is 11.3 Å². The Morgan fingerprint density at radius 1 is 1.34 bits per heavy atom. The summed E-state index contributed by atoms with van der Waals surface area (Å²) in [5.41, 5.74) is 1.16. The molecule has 0 radical (unpaired) electrons. The Morgan fingerprint density at radius 2 is 2.09 bits per heavy atom. The summed E-state index contributed by atoms with van der Waals surface area (Å²) in [6.45, 7) is 0. The molecule has 0 spiro atoms. The minimum Gasteiger partial charge on any atom is -0.393 e. The number of aliphatic hydroxyl groups excluding tert-OH is 3. The number of hydrogen-bond donors (Lipinski definition) is 3. The van der Waals surface area contributed by atoms with Gasteiger partial charge in [0.2, 0.25) is 5.91 Å². The van der Waals surface area contributed by atoms with Gasteiger partial charge in [0, 0.05) is 25.8 Å². The molecule has 9 heteroatoms. The maximum absolute atomic E-state index is 11.7. The van der Waals surface area contributed by atoms with Crippen LogP contribution in [-0.2, 0) is 16.1 Å². The Bertz CT molecular complexity index is 784. The smallest absolute Gasteiger partial charge is 0.245 e. The first-order valence-corrected chi connectivity index (χ1v) is 13.2. The summed E-state index contributed by atoms with van der Waals surface area (Å²) in [7, 11) is 3.06. The van der Waals surface area contributed by atoms with Crippen molar-refractivity contribution in [3.8, 4) is 0 Å². The highest BCUT2D eigenvalue weighted by molar-refractivity contribution is 9.12. The number of hydrogen-bond acceptors (Lipinski definition) is 6. The minimum atomic E-state index is -0.615. The normalized spacial score (nSPS) is 24.6. The molecule has 1 aliphatic rings. The van der Waals surface area contributed by atoms with Crippen molar-refractivity contribution >= 4 is 49.1 Å². The molecule has 180 valence electrons. The molecule has 1 heterocycles. The molecule has 32 heavy (non-hydrogen) atoms. The number of allylic oxidation sites excluding steroid dienone is 2. The third-order valence-corrected chi connectivity index (χ3v) is 8.33. The van der Waals surface area contributed by atoms with E-state index >= 15 is 0 Å². The van der Waals surface area contributed by atoms with E-state index in [4.69, 9.17) is 4.84 Å². The molecule has 3 N–H and O–H groups in total. The summed E-state index contributed by atoms with van der Waals surface area (Å²) in [5.74, 6) is -0.339. The SMILES string of the molecule is CON(C)C(=O)CCC/C=C\C[C@@H]1[C@@H](/C=C/[C@@H](O)CCc2cc(Br)sc2Br)[C@H](O)C[C@@H]1O. The van der Waals surface area contributed by atoms with Gasteiger partial charge in [-0.1, -0.05) is 24.3 Å². The summed E-state index contributed by atoms with van der Waals surface area (Å²) in [4.78, 5) is 16.6. The Balaban J connectivity index is 1.80. The lowest BCUT2D eigenvalue weighted by atomic mass is 9.89. The van der Waals surface area contributed by atoms with Gasteiger partial charge in [-0.25, -0.2) is 5.06 Å². The van der Waals surface area contributed by atoms with Crippen LogP contribution in [0.5, 0.6) is 0 Å². The van der Waals surface area contributed by atoms with Crippen molar-refractivity contribution in [1.29, 1.82) is 0 Å². The number of carbonyl (C=O) groups is 1. The van der Waals surface area contributed by atoms with Gasteiger partial charge in [0.05, 0.1) is 33.0 Å². The lowest BCUT2D eigenvalue weighted by molar-refractivity contribution is -0.168. The molecule has 1 aliphatic carbocycles. The number of carbonyl (C=O) groups excluding carboxylic acids is 1. The van der Waals surface area contributed by atoms with Crippen LogP contribution in [0.2, 0.25) is 0 Å². The summed E-state index contributed by atoms with van der Waals surface area (Å²) < 4.78 is 2.12. The van der Waals surface area contributed by atoms with Crippen LogP contribution in [0.3, 0.4) is 0 Å². The first-order valence-electron chi connectivity index (χ1n) is 10.8. The van der Waals surface area contributed by atoms with Gasteiger partial charge >= 0.3 is 0 Å². The van der Waals surface area contributed by atoms with Crippen molar-refractivity contribution in [3.63, 3.8) is 0 Å². The van der Waals surface area contributed by atoms with Crippen molar-refractivity contribution in [2.24, 2.45) is 11.8 Å². The predicted molar refractivity (Wildman–Crippen MR) is 134 cm³/mol. The van der Waals surface area contributed by atoms with E-state index in [2.05, 4.69) is 37.9 Å². The van der Waals surface area contributed by atoms with Crippen LogP contribution in [-0.4, -0.2) is 58.8 Å². The zero-order valence-electron chi connectivity index (χ0n) is 18.5. The number of amides is 1. The third-order valence-electron chi connectivity index (χ3n) is 5.87. The van der Waals surface area contributed by atoms with Crippen LogP contribution in [0, 0.1) is 11.8 Å². The number of aryl methyl sites for hydroxylation is 1. The fourth-order valence-electron chi connectivity index (χ4n) is 3.91. The van der Waals surface area contributed by atoms with E-state index in [9.17, 15) is 20.1 Å². The van der Waals surface area contributed by atoms with E-state index in [1.54, 1.807) is 24.5 Å². The zero-order valence-corrected chi connectivity index (χ0v) is 22.5. The molecule has 6 nitrogen and oxygen atoms in total. The van der Waals surface area contributed by atoms with E-state index in [1.165, 1.54) is 12.2 Å². The van der Waals surface area contributed by atoms with Gasteiger partial charge < -0.3 is 15.3 Å². The molecular weight excluding hydrogens is 562 g/mol. The molecule has 0 bridgehead atoms. The Morgan fingerprint density at radius 3 is 2.75 bits per heavy atom. The highest BCUT2D eigenvalue weighted by atomic mass is 79.9. The van der Waals surface area contributed by atoms with Gasteiger partial charge in [0.15, 0.2) is 0 Å². The maximum Gasteiger partial charge on any atom is 0.245 e. The number of nitrogens with zero attached hydrogens (tertiary/aromatic N) is 1. The number of unbranched alkanes of at least 4 members (excludes halogenated alkanes) is 1. The molecule has 1 saturated carbocycles. The second-order valence-electron chi connectivity index (χ2n) is 8.13. The van der Waals surface area contributed by atoms with Crippen LogP contribution in [0.1, 0.15) is 44.1 Å². The summed E-state index contributed by atoms with van der Waals surface area (Å²) in [6, 6.07) is 2.05. The molecule has 0 saturated heterocycles. The summed E-state index contributed by atoms with van der Waals surface area (Å²) in [5, 5.41) is 32.4. The van der Waals surface area contributed by atoms with Crippen molar-refractivity contribution in [1.82, 2.24) is 5.06 Å². The Kier molecular flexibility index (Phi) is 12.1. The van der Waals surface area contributed by atoms with Crippen LogP contribution < -0.4 is 0 Å². The third kappa shape index (κ3) is 8.66. The van der Waals surface area contributed by atoms with Gasteiger partial charge in [-0.2, -0.15) is 0 Å². The van der Waals surface area contributed by atoms with Gasteiger partial charge in [-0.05, 0) is 81.5 Å². The first kappa shape index (κ1) is 27.7. The van der Waals surface area contributed by atoms with Crippen molar-refractivity contribution < 1.29 is 25.0 Å². The monoisotopic (exact) mass is 593 g/mol. The van der Waals surface area contributed by atoms with Crippen molar-refractivity contribution in [3.05, 3.63) is 43.5 Å². The van der Waals surface area contributed by atoms with Crippen LogP contribution in [0.15, 0.2) is 37.9 Å². The molecule has 2 rings (SSSR count). The molecule has 0 unspecified atom stereocenters. The molecule has 5 atom stereocenters. The van der Waals surface area contributed by atoms with E-state index in [0.717, 1.165) is 32.4 Å². The highest BCUT2D eigenvalue weighted by Gasteiger charge is 2.39. The van der Waals surface area contributed by atoms with Crippen molar-refractivity contribution in [2.45, 2.75) is 63.3 Å². The van der Waals surface area contributed by atoms with Gasteiger partial charge in [-0.3, -0.25) is 9.63 Å². The fourth-order valence-corrected chi connectivity index (χ4v) is 6.82. The molecule has 1 aromatic rings. The maximum atomic E-state index is 11.7. The average Bonchev–Trinajstić information content (AvgIpc) is 3.22. The number of hydroxylamine groups is 2. The molecule has 0 aromatic carbocycles. The number of rotatable bonds is 12. The standard InChI is InChI=1S/C23H33Br2NO5S/c1-26(31-2)22(30)8-6-4-3-5-7-17-18(20(29)14-19(17)28)12-11-16(27)10-9-15-13-21(24)32-23(15)25/h3,5,11-13,16-20,27-29H,4,6-10,14H2,1-2H3/b5-3-,12-11+/t16-,17+,18+,19-,20+/m0/s1. The summed E-state index contributed by atoms with van der Waals surface area (Å²) in [6.07, 6.45) is 10.1. The molecular formula is C23H33Br2NO5S. The predicted octanol–water partition coefficient (Wildman–Crippen LogP) is 4.62. The second kappa shape index (κ2) is 14.0. The van der Waals surface area contributed by atoms with Crippen molar-refractivity contribution in [2.75, 3.05) is 14.2 Å². The van der Waals surface area contributed by atoms with Crippen LogP contribution >= 0.6 is 43.2 Å². The van der Waals surface area contributed by atoms with E-state index < -0.39 is 18.3 Å². The average molecular weight is 595 g/mol. The number of aliphatic hydroxyl groups is 3. The lowest BCUT2D eigenvalue weighted by Gasteiger charge is -2.19. The Hall–Kier alpha value is -0.550. The topological polar surface area (TPSA) is 90.2 Å². The molecule has 1 aromatic heterocycles. The van der Waals surface area contributed by atoms with Gasteiger partial charge in [0.1, 0.15) is 0 Å². The minimum absolute atomic E-state index is 0.0574. The molecule has 1 amide bonds. The molecule has 0 aliphatic heterocycles. The first-order chi connectivity index (χ1) is 15.2. The summed E-state index contributed by atoms with van der Waals surface area (Å²) >= 11 is 8.62. The fraction of sp³-hybridized carbons (Fsp3) is 0.609. The highest BCUT2D eigenvalue weighted by Crippen LogP contribution is 2.37. The zero-order chi connectivity index (χ0) is 23.7. The molecule has 1 fully saturated rings. The van der Waals surface area contributed by atoms with E-state index in [0.29, 0.717) is 25.7 Å². The van der Waals surface area contributed by atoms with Crippen LogP contribution in [0.25, 0.3) is 0 Å². The number of thiophene rings is 1. The van der Waals surface area contributed by atoms with E-state index in [-0.39, 0.29) is 17.7 Å². The van der Waals surface area contributed by atoms with E-state index in [1.807, 2.05) is 18.2 Å². The number of halogens is 2. The Labute approximate surface area is 211 Å². The van der Waals surface area contributed by atoms with Gasteiger partial charge in [0.25, 0.3) is 0 Å². The largest absolute Gasteiger partial charge is 0.393 e. The van der Waals surface area contributed by atoms with Crippen LogP contribution in [0.4, 0.5) is 0 Å². The second-order valence-corrected chi connectivity index (χ2v) is 11.9. The lowest BCUT2D eigenvalue weighted by Crippen LogP contribution is -2.24.